The normalized spacial score (nSPS) is 18.1. The highest BCUT2D eigenvalue weighted by Gasteiger charge is 2.26. The molecule has 1 aromatic carbocycles. The Bertz CT molecular complexity index is 699. The van der Waals surface area contributed by atoms with Gasteiger partial charge in [0.25, 0.3) is 0 Å². The summed E-state index contributed by atoms with van der Waals surface area (Å²) in [6.45, 7) is 8.21. The van der Waals surface area contributed by atoms with Crippen LogP contribution in [0, 0.1) is 0 Å². The fourth-order valence-electron chi connectivity index (χ4n) is 3.63. The first-order valence-corrected chi connectivity index (χ1v) is 11.3. The molecule has 3 rings (SSSR count). The monoisotopic (exact) mass is 564 g/mol. The molecule has 1 aromatic rings. The summed E-state index contributed by atoms with van der Waals surface area (Å²) in [5, 5.41) is 4.03. The molecule has 0 aromatic heterocycles. The highest BCUT2D eigenvalue weighted by Crippen LogP contribution is 2.14. The number of rotatable bonds is 8. The SMILES string of the molecule is CCNC(=NCCCOC1CCOCC1)N1CCN(Cc2ccc(Cl)cc2)C(=O)C1.I. The van der Waals surface area contributed by atoms with E-state index in [0.29, 0.717) is 43.9 Å². The number of hydrogen-bond acceptors (Lipinski definition) is 4. The van der Waals surface area contributed by atoms with Gasteiger partial charge < -0.3 is 24.6 Å². The molecule has 0 unspecified atom stereocenters. The van der Waals surface area contributed by atoms with Crippen LogP contribution in [0.3, 0.4) is 0 Å². The third-order valence-electron chi connectivity index (χ3n) is 5.33. The Morgan fingerprint density at radius 1 is 1.26 bits per heavy atom. The van der Waals surface area contributed by atoms with Gasteiger partial charge in [0.2, 0.25) is 5.91 Å². The Morgan fingerprint density at radius 2 is 2.00 bits per heavy atom. The average molecular weight is 565 g/mol. The molecule has 2 aliphatic heterocycles. The molecule has 0 aliphatic carbocycles. The van der Waals surface area contributed by atoms with Crippen molar-refractivity contribution in [1.82, 2.24) is 15.1 Å². The third kappa shape index (κ3) is 8.75. The van der Waals surface area contributed by atoms with Crippen LogP contribution in [0.1, 0.15) is 31.7 Å². The minimum Gasteiger partial charge on any atom is -0.381 e. The molecule has 1 amide bonds. The summed E-state index contributed by atoms with van der Waals surface area (Å²) >= 11 is 5.95. The average Bonchev–Trinajstić information content (AvgIpc) is 2.76. The molecule has 2 aliphatic rings. The van der Waals surface area contributed by atoms with Crippen LogP contribution in [0.4, 0.5) is 0 Å². The third-order valence-corrected chi connectivity index (χ3v) is 5.58. The number of benzene rings is 1. The summed E-state index contributed by atoms with van der Waals surface area (Å²) in [6, 6.07) is 7.66. The van der Waals surface area contributed by atoms with Crippen molar-refractivity contribution in [3.05, 3.63) is 34.9 Å². The van der Waals surface area contributed by atoms with Crippen LogP contribution in [0.5, 0.6) is 0 Å². The fraction of sp³-hybridized carbons (Fsp3) is 0.636. The summed E-state index contributed by atoms with van der Waals surface area (Å²) in [5.41, 5.74) is 1.09. The van der Waals surface area contributed by atoms with E-state index in [9.17, 15) is 4.79 Å². The molecule has 0 bridgehead atoms. The second kappa shape index (κ2) is 14.1. The van der Waals surface area contributed by atoms with E-state index in [4.69, 9.17) is 26.1 Å². The van der Waals surface area contributed by atoms with Crippen molar-refractivity contribution in [2.75, 3.05) is 52.5 Å². The number of amides is 1. The van der Waals surface area contributed by atoms with Gasteiger partial charge in [-0.05, 0) is 43.9 Å². The van der Waals surface area contributed by atoms with Crippen LogP contribution < -0.4 is 5.32 Å². The lowest BCUT2D eigenvalue weighted by atomic mass is 10.1. The number of carbonyl (C=O) groups is 1. The standard InChI is InChI=1S/C22H33ClN4O3.HI/c1-2-24-22(25-10-3-13-30-20-8-14-29-15-9-20)27-12-11-26(21(28)17-27)16-18-4-6-19(23)7-5-18;/h4-7,20H,2-3,8-17H2,1H3,(H,24,25);1H. The molecular weight excluding hydrogens is 531 g/mol. The molecule has 174 valence electrons. The molecule has 1 N–H and O–H groups in total. The van der Waals surface area contributed by atoms with Crippen molar-refractivity contribution < 1.29 is 14.3 Å². The highest BCUT2D eigenvalue weighted by molar-refractivity contribution is 14.0. The van der Waals surface area contributed by atoms with Crippen molar-refractivity contribution in [2.24, 2.45) is 4.99 Å². The zero-order valence-corrected chi connectivity index (χ0v) is 21.3. The van der Waals surface area contributed by atoms with Crippen LogP contribution >= 0.6 is 35.6 Å². The largest absolute Gasteiger partial charge is 0.381 e. The number of nitrogens with zero attached hydrogens (tertiary/aromatic N) is 3. The molecule has 2 heterocycles. The Balaban J connectivity index is 0.00000341. The molecule has 2 saturated heterocycles. The lowest BCUT2D eigenvalue weighted by Crippen LogP contribution is -2.55. The summed E-state index contributed by atoms with van der Waals surface area (Å²) in [7, 11) is 0. The number of piperazine rings is 1. The van der Waals surface area contributed by atoms with Gasteiger partial charge in [-0.25, -0.2) is 0 Å². The lowest BCUT2D eigenvalue weighted by Gasteiger charge is -2.36. The molecule has 2 fully saturated rings. The Morgan fingerprint density at radius 3 is 2.68 bits per heavy atom. The second-order valence-corrected chi connectivity index (χ2v) is 8.07. The molecule has 0 spiro atoms. The Hall–Kier alpha value is -1.10. The van der Waals surface area contributed by atoms with E-state index < -0.39 is 0 Å². The van der Waals surface area contributed by atoms with E-state index in [0.717, 1.165) is 57.1 Å². The molecule has 0 radical (unpaired) electrons. The van der Waals surface area contributed by atoms with Gasteiger partial charge in [0.15, 0.2) is 5.96 Å². The number of nitrogens with one attached hydrogen (secondary N) is 1. The summed E-state index contributed by atoms with van der Waals surface area (Å²) < 4.78 is 11.3. The van der Waals surface area contributed by atoms with Gasteiger partial charge in [-0.1, -0.05) is 23.7 Å². The van der Waals surface area contributed by atoms with E-state index in [1.165, 1.54) is 0 Å². The topological polar surface area (TPSA) is 66.4 Å². The number of carbonyl (C=O) groups excluding carboxylic acids is 1. The van der Waals surface area contributed by atoms with Crippen LogP contribution in [0.15, 0.2) is 29.3 Å². The number of guanidine groups is 1. The van der Waals surface area contributed by atoms with Gasteiger partial charge in [0.05, 0.1) is 12.6 Å². The summed E-state index contributed by atoms with van der Waals surface area (Å²) in [5.74, 6) is 0.924. The molecule has 31 heavy (non-hydrogen) atoms. The van der Waals surface area contributed by atoms with E-state index in [-0.39, 0.29) is 29.9 Å². The molecule has 9 heteroatoms. The van der Waals surface area contributed by atoms with Gasteiger partial charge in [-0.15, -0.1) is 24.0 Å². The van der Waals surface area contributed by atoms with Gasteiger partial charge in [0, 0.05) is 57.6 Å². The van der Waals surface area contributed by atoms with Crippen LogP contribution in [0.25, 0.3) is 0 Å². The Labute approximate surface area is 207 Å². The maximum Gasteiger partial charge on any atom is 0.242 e. The molecular formula is C22H34ClIN4O3. The zero-order chi connectivity index (χ0) is 21.2. The predicted octanol–water partition coefficient (Wildman–Crippen LogP) is 3.15. The first-order valence-electron chi connectivity index (χ1n) is 10.9. The Kier molecular flexibility index (Phi) is 11.9. The van der Waals surface area contributed by atoms with Crippen molar-refractivity contribution >= 4 is 47.4 Å². The van der Waals surface area contributed by atoms with Gasteiger partial charge in [-0.2, -0.15) is 0 Å². The highest BCUT2D eigenvalue weighted by atomic mass is 127. The molecule has 7 nitrogen and oxygen atoms in total. The van der Waals surface area contributed by atoms with Crippen LogP contribution in [0.2, 0.25) is 5.02 Å². The van der Waals surface area contributed by atoms with Crippen molar-refractivity contribution in [2.45, 2.75) is 38.8 Å². The predicted molar refractivity (Wildman–Crippen MR) is 134 cm³/mol. The minimum atomic E-state index is 0. The van der Waals surface area contributed by atoms with Crippen LogP contribution in [-0.2, 0) is 20.8 Å². The quantitative estimate of drug-likeness (QED) is 0.227. The van der Waals surface area contributed by atoms with Gasteiger partial charge >= 0.3 is 0 Å². The molecule has 0 atom stereocenters. The van der Waals surface area contributed by atoms with E-state index in [1.807, 2.05) is 41.0 Å². The van der Waals surface area contributed by atoms with Gasteiger partial charge in [-0.3, -0.25) is 9.79 Å². The molecule has 0 saturated carbocycles. The van der Waals surface area contributed by atoms with Crippen molar-refractivity contribution in [3.63, 3.8) is 0 Å². The maximum absolute atomic E-state index is 12.7. The van der Waals surface area contributed by atoms with E-state index in [2.05, 4.69) is 5.32 Å². The lowest BCUT2D eigenvalue weighted by molar-refractivity contribution is -0.135. The minimum absolute atomic E-state index is 0. The van der Waals surface area contributed by atoms with E-state index in [1.54, 1.807) is 0 Å². The first kappa shape index (κ1) is 26.2. The van der Waals surface area contributed by atoms with Crippen molar-refractivity contribution in [1.29, 1.82) is 0 Å². The second-order valence-electron chi connectivity index (χ2n) is 7.64. The number of halogens is 2. The van der Waals surface area contributed by atoms with Gasteiger partial charge in [0.1, 0.15) is 0 Å². The first-order chi connectivity index (χ1) is 14.7. The number of hydrogen-bond donors (Lipinski definition) is 1. The van der Waals surface area contributed by atoms with Crippen molar-refractivity contribution in [3.8, 4) is 0 Å². The van der Waals surface area contributed by atoms with E-state index >= 15 is 0 Å². The smallest absolute Gasteiger partial charge is 0.242 e. The maximum atomic E-state index is 12.7. The number of ether oxygens (including phenoxy) is 2. The summed E-state index contributed by atoms with van der Waals surface area (Å²) in [4.78, 5) is 21.3. The fourth-order valence-corrected chi connectivity index (χ4v) is 3.76. The summed E-state index contributed by atoms with van der Waals surface area (Å²) in [6.07, 6.45) is 3.15. The zero-order valence-electron chi connectivity index (χ0n) is 18.2. The number of aliphatic imine (C=N–C) groups is 1. The van der Waals surface area contributed by atoms with Crippen LogP contribution in [-0.4, -0.2) is 80.3 Å².